The Balaban J connectivity index is 0.00000225. The van der Waals surface area contributed by atoms with E-state index in [2.05, 4.69) is 10.6 Å². The predicted octanol–water partition coefficient (Wildman–Crippen LogP) is 3.57. The van der Waals surface area contributed by atoms with Crippen LogP contribution in [-0.2, 0) is 0 Å². The molecule has 2 aromatic carbocycles. The number of aryl methyl sites for hydroxylation is 1. The average Bonchev–Trinajstić information content (AvgIpc) is 2.58. The van der Waals surface area contributed by atoms with E-state index in [0.717, 1.165) is 24.6 Å². The van der Waals surface area contributed by atoms with Gasteiger partial charge in [0.1, 0.15) is 0 Å². The summed E-state index contributed by atoms with van der Waals surface area (Å²) in [7, 11) is 0. The molecular weight excluding hydrogens is 346 g/mol. The van der Waals surface area contributed by atoms with Gasteiger partial charge in [0, 0.05) is 24.1 Å². The third kappa shape index (κ3) is 4.55. The van der Waals surface area contributed by atoms with Gasteiger partial charge in [-0.05, 0) is 49.7 Å². The smallest absolute Gasteiger partial charge is 0.251 e. The van der Waals surface area contributed by atoms with Crippen molar-refractivity contribution in [2.45, 2.75) is 25.3 Å². The fourth-order valence-corrected chi connectivity index (χ4v) is 3.11. The summed E-state index contributed by atoms with van der Waals surface area (Å²) in [6, 6.07) is 11.2. The average molecular weight is 367 g/mol. The van der Waals surface area contributed by atoms with Crippen molar-refractivity contribution < 1.29 is 13.6 Å². The van der Waals surface area contributed by atoms with Gasteiger partial charge in [-0.15, -0.1) is 12.4 Å². The Labute approximate surface area is 152 Å². The molecule has 2 unspecified atom stereocenters. The van der Waals surface area contributed by atoms with Gasteiger partial charge in [0.25, 0.3) is 5.91 Å². The molecule has 3 rings (SSSR count). The highest BCUT2D eigenvalue weighted by atomic mass is 35.5. The summed E-state index contributed by atoms with van der Waals surface area (Å²) in [5.74, 6) is -1.91. The minimum Gasteiger partial charge on any atom is -0.347 e. The molecule has 1 heterocycles. The normalized spacial score (nSPS) is 19.8. The van der Waals surface area contributed by atoms with Crippen LogP contribution in [-0.4, -0.2) is 25.0 Å². The summed E-state index contributed by atoms with van der Waals surface area (Å²) in [4.78, 5) is 12.4. The Morgan fingerprint density at radius 1 is 1.12 bits per heavy atom. The van der Waals surface area contributed by atoms with Crippen molar-refractivity contribution in [2.75, 3.05) is 13.1 Å². The third-order valence-corrected chi connectivity index (χ3v) is 4.48. The Morgan fingerprint density at radius 2 is 1.84 bits per heavy atom. The maximum Gasteiger partial charge on any atom is 0.251 e. The van der Waals surface area contributed by atoms with Crippen LogP contribution in [0.2, 0.25) is 0 Å². The van der Waals surface area contributed by atoms with Crippen LogP contribution in [0, 0.1) is 18.6 Å². The number of carbonyl (C=O) groups excluding carboxylic acids is 1. The molecule has 0 aliphatic carbocycles. The van der Waals surface area contributed by atoms with Gasteiger partial charge in [0.05, 0.1) is 0 Å². The number of halogens is 3. The van der Waals surface area contributed by atoms with Crippen LogP contribution in [0.3, 0.4) is 0 Å². The summed E-state index contributed by atoms with van der Waals surface area (Å²) in [6.45, 7) is 3.34. The van der Waals surface area contributed by atoms with Crippen molar-refractivity contribution >= 4 is 18.3 Å². The second kappa shape index (κ2) is 8.41. The first-order valence-corrected chi connectivity index (χ1v) is 8.08. The first-order valence-electron chi connectivity index (χ1n) is 8.08. The molecule has 6 heteroatoms. The van der Waals surface area contributed by atoms with Crippen molar-refractivity contribution in [1.29, 1.82) is 0 Å². The molecule has 1 amide bonds. The molecule has 1 fully saturated rings. The Hall–Kier alpha value is -1.98. The molecule has 2 N–H and O–H groups in total. The summed E-state index contributed by atoms with van der Waals surface area (Å²) in [6.07, 6.45) is 0.754. The van der Waals surface area contributed by atoms with Crippen LogP contribution in [0.15, 0.2) is 42.5 Å². The van der Waals surface area contributed by atoms with Crippen molar-refractivity contribution in [3.8, 4) is 0 Å². The molecule has 2 atom stereocenters. The van der Waals surface area contributed by atoms with Crippen molar-refractivity contribution in [3.05, 3.63) is 70.8 Å². The highest BCUT2D eigenvalue weighted by molar-refractivity contribution is 5.94. The van der Waals surface area contributed by atoms with E-state index in [-0.39, 0.29) is 30.3 Å². The van der Waals surface area contributed by atoms with E-state index < -0.39 is 11.6 Å². The molecule has 0 aromatic heterocycles. The number of hydrogen-bond donors (Lipinski definition) is 2. The zero-order chi connectivity index (χ0) is 17.1. The fraction of sp³-hybridized carbons (Fsp3) is 0.316. The van der Waals surface area contributed by atoms with Crippen LogP contribution in [0.4, 0.5) is 8.78 Å². The SMILES string of the molecule is Cc1ccc(C(=O)NC2CNCCC2c2ccc(F)c(F)c2)cc1.Cl. The Morgan fingerprint density at radius 3 is 2.52 bits per heavy atom. The summed E-state index contributed by atoms with van der Waals surface area (Å²) in [5.41, 5.74) is 2.39. The highest BCUT2D eigenvalue weighted by Gasteiger charge is 2.28. The van der Waals surface area contributed by atoms with E-state index in [0.29, 0.717) is 17.7 Å². The topological polar surface area (TPSA) is 41.1 Å². The quantitative estimate of drug-likeness (QED) is 0.872. The molecule has 1 aliphatic rings. The van der Waals surface area contributed by atoms with Gasteiger partial charge in [0.15, 0.2) is 11.6 Å². The standard InChI is InChI=1S/C19H20F2N2O.ClH/c1-12-2-4-13(5-3-12)19(24)23-18-11-22-9-8-15(18)14-6-7-16(20)17(21)10-14;/h2-7,10,15,18,22H,8-9,11H2,1H3,(H,23,24);1H. The number of amides is 1. The molecule has 25 heavy (non-hydrogen) atoms. The van der Waals surface area contributed by atoms with Crippen LogP contribution >= 0.6 is 12.4 Å². The molecule has 0 radical (unpaired) electrons. The van der Waals surface area contributed by atoms with Gasteiger partial charge in [-0.3, -0.25) is 4.79 Å². The molecular formula is C19H21ClF2N2O. The highest BCUT2D eigenvalue weighted by Crippen LogP contribution is 2.27. The minimum atomic E-state index is -0.854. The molecule has 1 saturated heterocycles. The monoisotopic (exact) mass is 366 g/mol. The van der Waals surface area contributed by atoms with Crippen molar-refractivity contribution in [3.63, 3.8) is 0 Å². The largest absolute Gasteiger partial charge is 0.347 e. The van der Waals surface area contributed by atoms with Gasteiger partial charge in [-0.25, -0.2) is 8.78 Å². The first-order chi connectivity index (χ1) is 11.5. The van der Waals surface area contributed by atoms with E-state index in [1.54, 1.807) is 18.2 Å². The van der Waals surface area contributed by atoms with Crippen molar-refractivity contribution in [2.24, 2.45) is 0 Å². The lowest BCUT2D eigenvalue weighted by atomic mass is 9.85. The minimum absolute atomic E-state index is 0. The second-order valence-electron chi connectivity index (χ2n) is 6.22. The molecule has 3 nitrogen and oxygen atoms in total. The molecule has 134 valence electrons. The lowest BCUT2D eigenvalue weighted by Gasteiger charge is -2.33. The zero-order valence-electron chi connectivity index (χ0n) is 13.9. The van der Waals surface area contributed by atoms with Crippen LogP contribution in [0.5, 0.6) is 0 Å². The number of rotatable bonds is 3. The van der Waals surface area contributed by atoms with E-state index >= 15 is 0 Å². The molecule has 2 aromatic rings. The first kappa shape index (κ1) is 19.3. The Kier molecular flexibility index (Phi) is 6.51. The van der Waals surface area contributed by atoms with Crippen LogP contribution in [0.1, 0.15) is 33.8 Å². The summed E-state index contributed by atoms with van der Waals surface area (Å²) < 4.78 is 26.7. The van der Waals surface area contributed by atoms with Gasteiger partial charge in [-0.2, -0.15) is 0 Å². The van der Waals surface area contributed by atoms with Gasteiger partial charge in [0.2, 0.25) is 0 Å². The fourth-order valence-electron chi connectivity index (χ4n) is 3.11. The number of hydrogen-bond acceptors (Lipinski definition) is 2. The van der Waals surface area contributed by atoms with E-state index in [1.807, 2.05) is 19.1 Å². The van der Waals surface area contributed by atoms with Gasteiger partial charge in [-0.1, -0.05) is 23.8 Å². The number of carbonyl (C=O) groups is 1. The molecule has 0 saturated carbocycles. The summed E-state index contributed by atoms with van der Waals surface area (Å²) >= 11 is 0. The number of benzene rings is 2. The van der Waals surface area contributed by atoms with Crippen molar-refractivity contribution in [1.82, 2.24) is 10.6 Å². The molecule has 0 bridgehead atoms. The van der Waals surface area contributed by atoms with Gasteiger partial charge >= 0.3 is 0 Å². The van der Waals surface area contributed by atoms with E-state index in [1.165, 1.54) is 6.07 Å². The Bertz CT molecular complexity index is 737. The molecule has 1 aliphatic heterocycles. The number of piperidine rings is 1. The lowest BCUT2D eigenvalue weighted by Crippen LogP contribution is -2.50. The van der Waals surface area contributed by atoms with Crippen LogP contribution < -0.4 is 10.6 Å². The zero-order valence-corrected chi connectivity index (χ0v) is 14.7. The van der Waals surface area contributed by atoms with Crippen LogP contribution in [0.25, 0.3) is 0 Å². The number of nitrogens with one attached hydrogen (secondary N) is 2. The lowest BCUT2D eigenvalue weighted by molar-refractivity contribution is 0.0924. The summed E-state index contributed by atoms with van der Waals surface area (Å²) in [5, 5.41) is 6.26. The van der Waals surface area contributed by atoms with E-state index in [4.69, 9.17) is 0 Å². The second-order valence-corrected chi connectivity index (χ2v) is 6.22. The third-order valence-electron chi connectivity index (χ3n) is 4.48. The molecule has 0 spiro atoms. The van der Waals surface area contributed by atoms with Gasteiger partial charge < -0.3 is 10.6 Å². The predicted molar refractivity (Wildman–Crippen MR) is 96.3 cm³/mol. The maximum atomic E-state index is 13.5. The maximum absolute atomic E-state index is 13.5. The van der Waals surface area contributed by atoms with E-state index in [9.17, 15) is 13.6 Å².